The first-order chi connectivity index (χ1) is 5.35. The van der Waals surface area contributed by atoms with Gasteiger partial charge in [0.15, 0.2) is 0 Å². The molecule has 0 radical (unpaired) electrons. The van der Waals surface area contributed by atoms with Crippen molar-refractivity contribution in [3.8, 4) is 0 Å². The van der Waals surface area contributed by atoms with Crippen molar-refractivity contribution in [2.24, 2.45) is 4.99 Å². The Morgan fingerprint density at radius 3 is 2.09 bits per heavy atom. The van der Waals surface area contributed by atoms with E-state index in [2.05, 4.69) is 29.5 Å². The third-order valence-electron chi connectivity index (χ3n) is 1.29. The molecule has 0 saturated heterocycles. The summed E-state index contributed by atoms with van der Waals surface area (Å²) < 4.78 is 0. The summed E-state index contributed by atoms with van der Waals surface area (Å²) in [5.41, 5.74) is 0. The Bertz CT molecular complexity index is 95.5. The van der Waals surface area contributed by atoms with E-state index in [9.17, 15) is 0 Å². The van der Waals surface area contributed by atoms with Crippen LogP contribution in [0.3, 0.4) is 0 Å². The molecule has 0 aromatic heterocycles. The molecule has 0 unspecified atom stereocenters. The molecule has 0 amide bonds. The highest BCUT2D eigenvalue weighted by Crippen LogP contribution is 1.73. The molecule has 0 aromatic rings. The average molecular weight is 157 g/mol. The summed E-state index contributed by atoms with van der Waals surface area (Å²) in [7, 11) is 0. The monoisotopic (exact) mass is 157 g/mol. The van der Waals surface area contributed by atoms with E-state index < -0.39 is 0 Å². The van der Waals surface area contributed by atoms with Crippen LogP contribution in [0.2, 0.25) is 0 Å². The van der Waals surface area contributed by atoms with Crippen LogP contribution in [0.4, 0.5) is 0 Å². The zero-order valence-corrected chi connectivity index (χ0v) is 7.72. The fraction of sp³-hybridized carbons (Fsp3) is 0.875. The molecule has 0 rings (SSSR count). The molecule has 0 bridgehead atoms. The van der Waals surface area contributed by atoms with Crippen LogP contribution < -0.4 is 10.6 Å². The van der Waals surface area contributed by atoms with Gasteiger partial charge in [-0.3, -0.25) is 15.6 Å². The molecule has 2 N–H and O–H groups in total. The largest absolute Gasteiger partial charge is 0.298 e. The standard InChI is InChI=1S/C8H19N3/c1-4-9-7-8(10-5-2)11-6-3/h7-8,10-11H,4-6H2,1-3H3. The zero-order chi connectivity index (χ0) is 8.53. The van der Waals surface area contributed by atoms with Gasteiger partial charge < -0.3 is 0 Å². The van der Waals surface area contributed by atoms with Gasteiger partial charge in [0.2, 0.25) is 0 Å². The van der Waals surface area contributed by atoms with Gasteiger partial charge in [0, 0.05) is 12.8 Å². The minimum absolute atomic E-state index is 0.241. The molecule has 66 valence electrons. The minimum atomic E-state index is 0.241. The number of hydrogen-bond acceptors (Lipinski definition) is 3. The van der Waals surface area contributed by atoms with E-state index >= 15 is 0 Å². The van der Waals surface area contributed by atoms with Gasteiger partial charge in [-0.1, -0.05) is 13.8 Å². The molecule has 0 fully saturated rings. The fourth-order valence-electron chi connectivity index (χ4n) is 0.828. The van der Waals surface area contributed by atoms with Gasteiger partial charge in [-0.25, -0.2) is 0 Å². The van der Waals surface area contributed by atoms with E-state index in [0.29, 0.717) is 0 Å². The summed E-state index contributed by atoms with van der Waals surface area (Å²) in [6.45, 7) is 8.99. The van der Waals surface area contributed by atoms with Crippen LogP contribution in [0.25, 0.3) is 0 Å². The van der Waals surface area contributed by atoms with Gasteiger partial charge in [0.05, 0.1) is 6.17 Å². The molecule has 3 nitrogen and oxygen atoms in total. The second-order valence-electron chi connectivity index (χ2n) is 2.24. The van der Waals surface area contributed by atoms with Gasteiger partial charge in [0.1, 0.15) is 0 Å². The van der Waals surface area contributed by atoms with Gasteiger partial charge in [-0.15, -0.1) is 0 Å². The topological polar surface area (TPSA) is 36.4 Å². The van der Waals surface area contributed by atoms with Crippen molar-refractivity contribution >= 4 is 6.21 Å². The Labute approximate surface area is 69.3 Å². The maximum Gasteiger partial charge on any atom is 0.0935 e. The molecular formula is C8H19N3. The van der Waals surface area contributed by atoms with Crippen molar-refractivity contribution in [1.82, 2.24) is 10.6 Å². The van der Waals surface area contributed by atoms with Crippen LogP contribution in [-0.2, 0) is 0 Å². The van der Waals surface area contributed by atoms with Crippen molar-refractivity contribution in [3.05, 3.63) is 0 Å². The van der Waals surface area contributed by atoms with Crippen molar-refractivity contribution < 1.29 is 0 Å². The molecule has 0 aliphatic heterocycles. The molecular weight excluding hydrogens is 138 g/mol. The molecule has 0 aromatic carbocycles. The fourth-order valence-corrected chi connectivity index (χ4v) is 0.828. The zero-order valence-electron chi connectivity index (χ0n) is 7.72. The molecule has 0 aliphatic rings. The third-order valence-corrected chi connectivity index (χ3v) is 1.29. The lowest BCUT2D eigenvalue weighted by atomic mass is 10.5. The molecule has 0 spiro atoms. The predicted molar refractivity (Wildman–Crippen MR) is 50.2 cm³/mol. The third kappa shape index (κ3) is 6.01. The summed E-state index contributed by atoms with van der Waals surface area (Å²) in [5, 5.41) is 6.52. The van der Waals surface area contributed by atoms with E-state index in [0.717, 1.165) is 19.6 Å². The molecule has 0 aliphatic carbocycles. The Kier molecular flexibility index (Phi) is 7.41. The highest BCUT2D eigenvalue weighted by atomic mass is 15.1. The molecule has 0 heterocycles. The Hall–Kier alpha value is -0.410. The van der Waals surface area contributed by atoms with Gasteiger partial charge in [-0.05, 0) is 20.0 Å². The van der Waals surface area contributed by atoms with Crippen LogP contribution in [-0.4, -0.2) is 32.0 Å². The number of hydrogen-bond donors (Lipinski definition) is 2. The van der Waals surface area contributed by atoms with E-state index in [1.54, 1.807) is 0 Å². The predicted octanol–water partition coefficient (Wildman–Crippen LogP) is 0.622. The lowest BCUT2D eigenvalue weighted by Gasteiger charge is -2.12. The molecule has 0 saturated carbocycles. The summed E-state index contributed by atoms with van der Waals surface area (Å²) >= 11 is 0. The van der Waals surface area contributed by atoms with E-state index in [4.69, 9.17) is 0 Å². The second-order valence-corrected chi connectivity index (χ2v) is 2.24. The van der Waals surface area contributed by atoms with Gasteiger partial charge in [-0.2, -0.15) is 0 Å². The van der Waals surface area contributed by atoms with Crippen molar-refractivity contribution in [1.29, 1.82) is 0 Å². The summed E-state index contributed by atoms with van der Waals surface area (Å²) in [6.07, 6.45) is 2.16. The van der Waals surface area contributed by atoms with E-state index in [1.807, 2.05) is 13.1 Å². The molecule has 11 heavy (non-hydrogen) atoms. The summed E-state index contributed by atoms with van der Waals surface area (Å²) in [4.78, 5) is 4.16. The van der Waals surface area contributed by atoms with E-state index in [1.165, 1.54) is 0 Å². The first-order valence-electron chi connectivity index (χ1n) is 4.31. The quantitative estimate of drug-likeness (QED) is 0.438. The number of rotatable bonds is 6. The van der Waals surface area contributed by atoms with Crippen molar-refractivity contribution in [2.45, 2.75) is 26.9 Å². The van der Waals surface area contributed by atoms with Gasteiger partial charge in [0.25, 0.3) is 0 Å². The highest BCUT2D eigenvalue weighted by molar-refractivity contribution is 5.63. The Balaban J connectivity index is 3.58. The van der Waals surface area contributed by atoms with Crippen LogP contribution in [0, 0.1) is 0 Å². The van der Waals surface area contributed by atoms with Crippen LogP contribution >= 0.6 is 0 Å². The lowest BCUT2D eigenvalue weighted by molar-refractivity contribution is 0.550. The highest BCUT2D eigenvalue weighted by Gasteiger charge is 1.97. The Morgan fingerprint density at radius 2 is 1.73 bits per heavy atom. The molecule has 3 heteroatoms. The maximum absolute atomic E-state index is 4.16. The maximum atomic E-state index is 4.16. The van der Waals surface area contributed by atoms with Crippen molar-refractivity contribution in [3.63, 3.8) is 0 Å². The minimum Gasteiger partial charge on any atom is -0.298 e. The first kappa shape index (κ1) is 10.6. The van der Waals surface area contributed by atoms with Crippen molar-refractivity contribution in [2.75, 3.05) is 19.6 Å². The van der Waals surface area contributed by atoms with Gasteiger partial charge >= 0.3 is 0 Å². The normalized spacial score (nSPS) is 11.6. The van der Waals surface area contributed by atoms with Crippen LogP contribution in [0.5, 0.6) is 0 Å². The number of nitrogens with one attached hydrogen (secondary N) is 2. The SMILES string of the molecule is CCN=CC(NCC)NCC. The van der Waals surface area contributed by atoms with Crippen LogP contribution in [0.1, 0.15) is 20.8 Å². The second kappa shape index (κ2) is 7.69. The first-order valence-corrected chi connectivity index (χ1v) is 4.31. The average Bonchev–Trinajstić information content (AvgIpc) is 2.01. The summed E-state index contributed by atoms with van der Waals surface area (Å²) in [5.74, 6) is 0. The smallest absolute Gasteiger partial charge is 0.0935 e. The van der Waals surface area contributed by atoms with E-state index in [-0.39, 0.29) is 6.17 Å². The Morgan fingerprint density at radius 1 is 1.18 bits per heavy atom. The van der Waals surface area contributed by atoms with Crippen LogP contribution in [0.15, 0.2) is 4.99 Å². The molecule has 0 atom stereocenters. The number of nitrogens with zero attached hydrogens (tertiary/aromatic N) is 1. The number of aliphatic imine (C=N–C) groups is 1. The lowest BCUT2D eigenvalue weighted by Crippen LogP contribution is -2.43. The summed E-state index contributed by atoms with van der Waals surface area (Å²) in [6, 6.07) is 0.